The van der Waals surface area contributed by atoms with Crippen LogP contribution in [0.1, 0.15) is 32.6 Å². The maximum Gasteiger partial charge on any atom is 0.317 e. The van der Waals surface area contributed by atoms with Gasteiger partial charge in [-0.1, -0.05) is 13.3 Å². The minimum atomic E-state index is -0.851. The number of hydrogen-bond acceptors (Lipinski definition) is 3. The fraction of sp³-hybridized carbons (Fsp3) is 0.846. The Morgan fingerprint density at radius 2 is 2.05 bits per heavy atom. The molecule has 0 radical (unpaired) electrons. The van der Waals surface area contributed by atoms with Gasteiger partial charge >= 0.3 is 12.0 Å². The number of urea groups is 1. The molecule has 6 nitrogen and oxygen atoms in total. The van der Waals surface area contributed by atoms with Gasteiger partial charge in [0.1, 0.15) is 0 Å². The van der Waals surface area contributed by atoms with Crippen LogP contribution >= 0.6 is 0 Å². The zero-order valence-electron chi connectivity index (χ0n) is 11.7. The third-order valence-corrected chi connectivity index (χ3v) is 3.54. The average molecular weight is 272 g/mol. The van der Waals surface area contributed by atoms with Gasteiger partial charge in [-0.25, -0.2) is 4.79 Å². The van der Waals surface area contributed by atoms with Gasteiger partial charge in [0, 0.05) is 32.8 Å². The number of rotatable bonds is 6. The highest BCUT2D eigenvalue weighted by molar-refractivity contribution is 5.76. The molecule has 1 fully saturated rings. The van der Waals surface area contributed by atoms with Gasteiger partial charge in [-0.05, 0) is 19.3 Å². The van der Waals surface area contributed by atoms with E-state index in [9.17, 15) is 9.59 Å². The van der Waals surface area contributed by atoms with Crippen molar-refractivity contribution in [2.75, 3.05) is 26.8 Å². The van der Waals surface area contributed by atoms with Crippen LogP contribution in [0.4, 0.5) is 4.79 Å². The first-order chi connectivity index (χ1) is 9.06. The number of amides is 2. The van der Waals surface area contributed by atoms with Crippen molar-refractivity contribution >= 4 is 12.0 Å². The predicted octanol–water partition coefficient (Wildman–Crippen LogP) is 1.31. The van der Waals surface area contributed by atoms with Crippen LogP contribution in [0.2, 0.25) is 0 Å². The fourth-order valence-corrected chi connectivity index (χ4v) is 2.23. The summed E-state index contributed by atoms with van der Waals surface area (Å²) in [6.45, 7) is 3.48. The number of nitrogens with zero attached hydrogens (tertiary/aromatic N) is 1. The lowest BCUT2D eigenvalue weighted by atomic mass is 10.0. The highest BCUT2D eigenvalue weighted by Crippen LogP contribution is 2.13. The molecule has 2 amide bonds. The van der Waals surface area contributed by atoms with Gasteiger partial charge < -0.3 is 20.1 Å². The molecule has 0 aromatic carbocycles. The maximum atomic E-state index is 12.0. The standard InChI is InChI=1S/C13H24N2O4/c1-3-4-10(12(16)17)9-14-13(18)15(2)11-5-7-19-8-6-11/h10-11H,3-9H2,1-2H3,(H,14,18)(H,16,17). The third-order valence-electron chi connectivity index (χ3n) is 3.54. The van der Waals surface area contributed by atoms with Crippen molar-refractivity contribution in [2.24, 2.45) is 5.92 Å². The summed E-state index contributed by atoms with van der Waals surface area (Å²) in [6.07, 6.45) is 3.04. The first-order valence-electron chi connectivity index (χ1n) is 6.87. The summed E-state index contributed by atoms with van der Waals surface area (Å²) in [6, 6.07) is -0.0162. The number of nitrogens with one attached hydrogen (secondary N) is 1. The Bertz CT molecular complexity index is 303. The molecule has 0 saturated carbocycles. The van der Waals surface area contributed by atoms with Crippen LogP contribution in [0.25, 0.3) is 0 Å². The molecule has 110 valence electrons. The number of carbonyl (C=O) groups is 2. The van der Waals surface area contributed by atoms with E-state index < -0.39 is 11.9 Å². The van der Waals surface area contributed by atoms with Crippen LogP contribution in [0.15, 0.2) is 0 Å². The molecule has 0 aliphatic carbocycles. The van der Waals surface area contributed by atoms with Crippen LogP contribution in [-0.2, 0) is 9.53 Å². The molecule has 0 spiro atoms. The van der Waals surface area contributed by atoms with E-state index in [4.69, 9.17) is 9.84 Å². The molecule has 1 aliphatic heterocycles. The largest absolute Gasteiger partial charge is 0.481 e. The second-order valence-electron chi connectivity index (χ2n) is 4.96. The molecule has 1 saturated heterocycles. The van der Waals surface area contributed by atoms with Crippen molar-refractivity contribution < 1.29 is 19.4 Å². The van der Waals surface area contributed by atoms with E-state index in [-0.39, 0.29) is 18.6 Å². The Hall–Kier alpha value is -1.30. The highest BCUT2D eigenvalue weighted by atomic mass is 16.5. The average Bonchev–Trinajstić information content (AvgIpc) is 2.42. The Kier molecular flexibility index (Phi) is 6.62. The number of carbonyl (C=O) groups excluding carboxylic acids is 1. The summed E-state index contributed by atoms with van der Waals surface area (Å²) in [5.41, 5.74) is 0. The Balaban J connectivity index is 2.38. The molecule has 1 rings (SSSR count). The predicted molar refractivity (Wildman–Crippen MR) is 71.0 cm³/mol. The third kappa shape index (κ3) is 5.06. The molecule has 6 heteroatoms. The molecule has 1 heterocycles. The summed E-state index contributed by atoms with van der Waals surface area (Å²) in [5.74, 6) is -1.35. The summed E-state index contributed by atoms with van der Waals surface area (Å²) in [7, 11) is 1.75. The van der Waals surface area contributed by atoms with E-state index in [0.717, 1.165) is 19.3 Å². The lowest BCUT2D eigenvalue weighted by Crippen LogP contribution is -2.47. The summed E-state index contributed by atoms with van der Waals surface area (Å²) < 4.78 is 5.26. The highest BCUT2D eigenvalue weighted by Gasteiger charge is 2.24. The van der Waals surface area contributed by atoms with Gasteiger partial charge in [0.05, 0.1) is 5.92 Å². The molecule has 1 aliphatic rings. The van der Waals surface area contributed by atoms with Crippen molar-refractivity contribution in [3.63, 3.8) is 0 Å². The Morgan fingerprint density at radius 3 is 2.58 bits per heavy atom. The molecular weight excluding hydrogens is 248 g/mol. The topological polar surface area (TPSA) is 78.9 Å². The lowest BCUT2D eigenvalue weighted by molar-refractivity contribution is -0.141. The Morgan fingerprint density at radius 1 is 1.42 bits per heavy atom. The smallest absolute Gasteiger partial charge is 0.317 e. The zero-order valence-corrected chi connectivity index (χ0v) is 11.7. The van der Waals surface area contributed by atoms with E-state index in [1.807, 2.05) is 6.92 Å². The zero-order chi connectivity index (χ0) is 14.3. The normalized spacial score (nSPS) is 17.8. The number of aliphatic carboxylic acids is 1. The molecule has 19 heavy (non-hydrogen) atoms. The SMILES string of the molecule is CCCC(CNC(=O)N(C)C1CCOCC1)C(=O)O. The summed E-state index contributed by atoms with van der Waals surface area (Å²) >= 11 is 0. The molecule has 0 aromatic rings. The van der Waals surface area contributed by atoms with E-state index in [1.54, 1.807) is 11.9 Å². The van der Waals surface area contributed by atoms with Gasteiger partial charge in [-0.15, -0.1) is 0 Å². The first kappa shape index (κ1) is 15.8. The molecule has 1 atom stereocenters. The number of hydrogen-bond donors (Lipinski definition) is 2. The first-order valence-corrected chi connectivity index (χ1v) is 6.87. The van der Waals surface area contributed by atoms with Crippen LogP contribution < -0.4 is 5.32 Å². The van der Waals surface area contributed by atoms with Gasteiger partial charge in [0.15, 0.2) is 0 Å². The molecule has 2 N–H and O–H groups in total. The van der Waals surface area contributed by atoms with Gasteiger partial charge in [-0.2, -0.15) is 0 Å². The number of carboxylic acid groups (broad SMARTS) is 1. The van der Waals surface area contributed by atoms with E-state index in [1.165, 1.54) is 0 Å². The summed E-state index contributed by atoms with van der Waals surface area (Å²) in [4.78, 5) is 24.6. The van der Waals surface area contributed by atoms with Crippen LogP contribution in [0.5, 0.6) is 0 Å². The second kappa shape index (κ2) is 7.99. The van der Waals surface area contributed by atoms with Crippen LogP contribution in [0, 0.1) is 5.92 Å². The van der Waals surface area contributed by atoms with Crippen molar-refractivity contribution in [3.05, 3.63) is 0 Å². The van der Waals surface area contributed by atoms with E-state index in [2.05, 4.69) is 5.32 Å². The molecule has 0 bridgehead atoms. The molecular formula is C13H24N2O4. The maximum absolute atomic E-state index is 12.0. The van der Waals surface area contributed by atoms with Gasteiger partial charge in [0.2, 0.25) is 0 Å². The Labute approximate surface area is 114 Å². The fourth-order valence-electron chi connectivity index (χ4n) is 2.23. The molecule has 0 aromatic heterocycles. The van der Waals surface area contributed by atoms with Crippen LogP contribution in [0.3, 0.4) is 0 Å². The summed E-state index contributed by atoms with van der Waals surface area (Å²) in [5, 5.41) is 11.7. The minimum Gasteiger partial charge on any atom is -0.481 e. The van der Waals surface area contributed by atoms with Crippen LogP contribution in [-0.4, -0.2) is 54.9 Å². The second-order valence-corrected chi connectivity index (χ2v) is 4.96. The number of ether oxygens (including phenoxy) is 1. The van der Waals surface area contributed by atoms with Gasteiger partial charge in [-0.3, -0.25) is 4.79 Å². The monoisotopic (exact) mass is 272 g/mol. The number of carboxylic acids is 1. The van der Waals surface area contributed by atoms with Crippen molar-refractivity contribution in [1.82, 2.24) is 10.2 Å². The van der Waals surface area contributed by atoms with E-state index >= 15 is 0 Å². The quantitative estimate of drug-likeness (QED) is 0.764. The van der Waals surface area contributed by atoms with Gasteiger partial charge in [0.25, 0.3) is 0 Å². The lowest BCUT2D eigenvalue weighted by Gasteiger charge is -2.31. The van der Waals surface area contributed by atoms with Crippen molar-refractivity contribution in [2.45, 2.75) is 38.6 Å². The van der Waals surface area contributed by atoms with E-state index in [0.29, 0.717) is 19.6 Å². The van der Waals surface area contributed by atoms with Crippen molar-refractivity contribution in [3.8, 4) is 0 Å². The minimum absolute atomic E-state index is 0.184. The molecule has 1 unspecified atom stereocenters. The van der Waals surface area contributed by atoms with Crippen molar-refractivity contribution in [1.29, 1.82) is 0 Å².